The Hall–Kier alpha value is -3.23. The van der Waals surface area contributed by atoms with Crippen LogP contribution in [0.25, 0.3) is 11.4 Å². The van der Waals surface area contributed by atoms with E-state index in [1.807, 2.05) is 0 Å². The topological polar surface area (TPSA) is 139 Å². The number of likely N-dealkylation sites (tertiary alicyclic amines) is 1. The molecule has 3 saturated heterocycles. The number of benzene rings is 1. The lowest BCUT2D eigenvalue weighted by Crippen LogP contribution is -2.58. The average molecular weight is 510 g/mol. The molecule has 4 heterocycles. The average Bonchev–Trinajstić information content (AvgIpc) is 3.24. The summed E-state index contributed by atoms with van der Waals surface area (Å²) in [6, 6.07) is 5.60. The Labute approximate surface area is 203 Å². The largest absolute Gasteiger partial charge is 0.471 e. The molecule has 2 unspecified atom stereocenters. The maximum atomic E-state index is 13.1. The summed E-state index contributed by atoms with van der Waals surface area (Å²) in [5, 5.41) is 6.66. The Morgan fingerprint density at radius 2 is 1.94 bits per heavy atom. The zero-order valence-corrected chi connectivity index (χ0v) is 19.1. The van der Waals surface area contributed by atoms with Gasteiger partial charge in [-0.1, -0.05) is 29.4 Å². The summed E-state index contributed by atoms with van der Waals surface area (Å²) in [5.41, 5.74) is 6.67. The van der Waals surface area contributed by atoms with Crippen LogP contribution in [0.4, 0.5) is 18.0 Å². The van der Waals surface area contributed by atoms with Gasteiger partial charge in [0.1, 0.15) is 18.4 Å². The number of hydrogen-bond donors (Lipinski definition) is 2. The lowest BCUT2D eigenvalue weighted by atomic mass is 10.1. The molecule has 3 N–H and O–H groups in total. The van der Waals surface area contributed by atoms with Crippen molar-refractivity contribution in [2.24, 2.45) is 5.73 Å². The minimum absolute atomic E-state index is 0.154. The zero-order valence-electron chi connectivity index (χ0n) is 19.1. The van der Waals surface area contributed by atoms with Gasteiger partial charge in [0.2, 0.25) is 11.7 Å². The predicted molar refractivity (Wildman–Crippen MR) is 116 cm³/mol. The molecule has 36 heavy (non-hydrogen) atoms. The van der Waals surface area contributed by atoms with Crippen molar-refractivity contribution in [3.8, 4) is 11.4 Å². The van der Waals surface area contributed by atoms with Crippen LogP contribution in [-0.4, -0.2) is 83.0 Å². The van der Waals surface area contributed by atoms with Crippen molar-refractivity contribution >= 4 is 11.9 Å². The van der Waals surface area contributed by atoms with Crippen LogP contribution in [0.5, 0.6) is 0 Å². The Kier molecular flexibility index (Phi) is 6.57. The molecule has 0 bridgehead atoms. The number of epoxide rings is 1. The number of aromatic nitrogens is 2. The molecule has 3 aliphatic heterocycles. The van der Waals surface area contributed by atoms with Crippen molar-refractivity contribution in [2.75, 3.05) is 32.8 Å². The number of carbonyl (C=O) groups excluding carboxylic acids is 2. The first-order chi connectivity index (χ1) is 17.2. The number of nitrogens with zero attached hydrogens (tertiary/aromatic N) is 4. The number of alkyl halides is 3. The molecular weight excluding hydrogens is 485 g/mol. The Balaban J connectivity index is 1.16. The van der Waals surface area contributed by atoms with Gasteiger partial charge in [-0.3, -0.25) is 10.1 Å². The summed E-state index contributed by atoms with van der Waals surface area (Å²) in [7, 11) is 0. The number of primary amides is 1. The lowest BCUT2D eigenvalue weighted by Gasteiger charge is -2.39. The second-order valence-corrected chi connectivity index (χ2v) is 8.89. The van der Waals surface area contributed by atoms with Crippen molar-refractivity contribution in [1.82, 2.24) is 25.3 Å². The molecule has 5 rings (SSSR count). The van der Waals surface area contributed by atoms with E-state index in [1.54, 1.807) is 34.1 Å². The van der Waals surface area contributed by atoms with E-state index in [4.69, 9.17) is 15.2 Å². The van der Waals surface area contributed by atoms with Crippen LogP contribution in [-0.2, 0) is 20.4 Å². The van der Waals surface area contributed by atoms with Gasteiger partial charge < -0.3 is 29.5 Å². The van der Waals surface area contributed by atoms with E-state index < -0.39 is 24.0 Å². The summed E-state index contributed by atoms with van der Waals surface area (Å²) < 4.78 is 53.6. The van der Waals surface area contributed by atoms with Crippen molar-refractivity contribution < 1.29 is 36.8 Å². The second kappa shape index (κ2) is 9.67. The molecule has 3 fully saturated rings. The fourth-order valence-electron chi connectivity index (χ4n) is 4.58. The smallest absolute Gasteiger partial charge is 0.377 e. The van der Waals surface area contributed by atoms with Crippen molar-refractivity contribution in [2.45, 2.75) is 43.4 Å². The summed E-state index contributed by atoms with van der Waals surface area (Å²) in [6.45, 7) is 2.09. The molecule has 1 aromatic carbocycles. The van der Waals surface area contributed by atoms with Crippen molar-refractivity contribution in [3.05, 3.63) is 35.7 Å². The fourth-order valence-corrected chi connectivity index (χ4v) is 4.58. The number of halogens is 3. The Bertz CT molecular complexity index is 1110. The molecular formula is C22H25F3N6O5. The summed E-state index contributed by atoms with van der Waals surface area (Å²) in [5.74, 6) is -2.05. The van der Waals surface area contributed by atoms with Crippen LogP contribution < -0.4 is 11.1 Å². The van der Waals surface area contributed by atoms with Gasteiger partial charge in [0.05, 0.1) is 19.3 Å². The van der Waals surface area contributed by atoms with Crippen molar-refractivity contribution in [1.29, 1.82) is 0 Å². The second-order valence-electron chi connectivity index (χ2n) is 8.89. The highest BCUT2D eigenvalue weighted by molar-refractivity contribution is 5.86. The number of hydrogen-bond acceptors (Lipinski definition) is 8. The molecule has 0 saturated carbocycles. The summed E-state index contributed by atoms with van der Waals surface area (Å²) in [4.78, 5) is 31.5. The number of amides is 3. The molecule has 4 atom stereocenters. The van der Waals surface area contributed by atoms with E-state index in [0.717, 1.165) is 12.0 Å². The standard InChI is InChI=1S/C22H25F3N6O5/c23-22(24,25)20-28-18(29-36-20)13-5-3-12(4-6-13)16-19(35-16)27-10-14-11-34-9-8-30(14)21(33)31-7-1-2-15(31)17(26)32/h3-6,14-16,19,27H,1-2,7-11H2,(H2,26,32)/t14-,15-,16?,19?/m0/s1. The van der Waals surface area contributed by atoms with E-state index in [2.05, 4.69) is 20.0 Å². The van der Waals surface area contributed by atoms with E-state index in [-0.39, 0.29) is 30.2 Å². The highest BCUT2D eigenvalue weighted by atomic mass is 19.4. The van der Waals surface area contributed by atoms with Crippen LogP contribution in [0.3, 0.4) is 0 Å². The molecule has 0 spiro atoms. The molecule has 0 radical (unpaired) electrons. The van der Waals surface area contributed by atoms with Gasteiger partial charge in [-0.25, -0.2) is 4.79 Å². The maximum absolute atomic E-state index is 13.1. The number of ether oxygens (including phenoxy) is 2. The van der Waals surface area contributed by atoms with Gasteiger partial charge in [-0.05, 0) is 18.4 Å². The number of nitrogens with one attached hydrogen (secondary N) is 1. The molecule has 14 heteroatoms. The number of urea groups is 1. The van der Waals surface area contributed by atoms with E-state index in [0.29, 0.717) is 44.8 Å². The molecule has 0 aliphatic carbocycles. The van der Waals surface area contributed by atoms with Gasteiger partial charge in [-0.2, -0.15) is 18.2 Å². The molecule has 1 aromatic heterocycles. The first kappa shape index (κ1) is 24.5. The summed E-state index contributed by atoms with van der Waals surface area (Å²) in [6.07, 6.45) is -3.93. The number of morpholine rings is 1. The molecule has 3 amide bonds. The number of nitrogens with two attached hydrogens (primary N) is 1. The highest BCUT2D eigenvalue weighted by Gasteiger charge is 2.43. The Morgan fingerprint density at radius 1 is 1.17 bits per heavy atom. The lowest BCUT2D eigenvalue weighted by molar-refractivity contribution is -0.159. The fraction of sp³-hybridized carbons (Fsp3) is 0.545. The van der Waals surface area contributed by atoms with Gasteiger partial charge >= 0.3 is 18.1 Å². The van der Waals surface area contributed by atoms with Gasteiger partial charge in [0, 0.05) is 25.2 Å². The highest BCUT2D eigenvalue weighted by Crippen LogP contribution is 2.38. The SMILES string of the molecule is NC(=O)[C@@H]1CCCN1C(=O)N1CCOC[C@@H]1CNC1OC1c1ccc(-c2noc(C(F)(F)F)n2)cc1. The molecule has 2 aromatic rings. The molecule has 3 aliphatic rings. The monoisotopic (exact) mass is 510 g/mol. The first-order valence-corrected chi connectivity index (χ1v) is 11.6. The first-order valence-electron chi connectivity index (χ1n) is 11.6. The van der Waals surface area contributed by atoms with Crippen LogP contribution in [0.2, 0.25) is 0 Å². The zero-order chi connectivity index (χ0) is 25.4. The van der Waals surface area contributed by atoms with Crippen LogP contribution in [0.1, 0.15) is 30.4 Å². The third-order valence-electron chi connectivity index (χ3n) is 6.51. The minimum atomic E-state index is -4.70. The minimum Gasteiger partial charge on any atom is -0.377 e. The van der Waals surface area contributed by atoms with E-state index in [1.165, 1.54) is 0 Å². The van der Waals surface area contributed by atoms with Crippen LogP contribution >= 0.6 is 0 Å². The molecule has 194 valence electrons. The number of rotatable bonds is 6. The molecule has 11 nitrogen and oxygen atoms in total. The summed E-state index contributed by atoms with van der Waals surface area (Å²) >= 11 is 0. The Morgan fingerprint density at radius 3 is 2.64 bits per heavy atom. The normalized spacial score (nSPS) is 26.3. The predicted octanol–water partition coefficient (Wildman–Crippen LogP) is 1.51. The maximum Gasteiger partial charge on any atom is 0.471 e. The third-order valence-corrected chi connectivity index (χ3v) is 6.51. The van der Waals surface area contributed by atoms with Gasteiger partial charge in [0.15, 0.2) is 0 Å². The van der Waals surface area contributed by atoms with E-state index >= 15 is 0 Å². The van der Waals surface area contributed by atoms with Gasteiger partial charge in [-0.15, -0.1) is 0 Å². The van der Waals surface area contributed by atoms with Gasteiger partial charge in [0.25, 0.3) is 0 Å². The number of carbonyl (C=O) groups is 2. The van der Waals surface area contributed by atoms with Crippen LogP contribution in [0.15, 0.2) is 28.8 Å². The van der Waals surface area contributed by atoms with Crippen molar-refractivity contribution in [3.63, 3.8) is 0 Å². The third kappa shape index (κ3) is 5.01. The van der Waals surface area contributed by atoms with E-state index in [9.17, 15) is 22.8 Å². The quantitative estimate of drug-likeness (QED) is 0.558. The van der Waals surface area contributed by atoms with Crippen LogP contribution in [0, 0.1) is 0 Å².